The van der Waals surface area contributed by atoms with E-state index in [1.165, 1.54) is 0 Å². The van der Waals surface area contributed by atoms with Gasteiger partial charge >= 0.3 is 12.1 Å². The topological polar surface area (TPSA) is 12.9 Å². The summed E-state index contributed by atoms with van der Waals surface area (Å²) >= 11 is 0. The van der Waals surface area contributed by atoms with Crippen LogP contribution in [0.15, 0.2) is 24.5 Å². The number of nitrogens with zero attached hydrogens (tertiary/aromatic N) is 1. The van der Waals surface area contributed by atoms with Gasteiger partial charge in [-0.05, 0) is 12.1 Å². The third kappa shape index (κ3) is 1.76. The van der Waals surface area contributed by atoms with Gasteiger partial charge < -0.3 is 0 Å². The van der Waals surface area contributed by atoms with Crippen LogP contribution >= 0.6 is 0 Å². The molecule has 0 amide bonds. The number of hydrogen-bond acceptors (Lipinski definition) is 1. The first-order valence-corrected chi connectivity index (χ1v) is 3.21. The van der Waals surface area contributed by atoms with Crippen molar-refractivity contribution in [1.29, 1.82) is 0 Å². The Morgan fingerprint density at radius 3 is 2.08 bits per heavy atom. The smallest absolute Gasteiger partial charge is 0.264 e. The predicted molar refractivity (Wildman–Crippen MR) is 34.2 cm³/mol. The van der Waals surface area contributed by atoms with Gasteiger partial charge in [-0.25, -0.2) is 0 Å². The van der Waals surface area contributed by atoms with Crippen molar-refractivity contribution >= 4 is 0 Å². The summed E-state index contributed by atoms with van der Waals surface area (Å²) in [5.74, 6) is -4.83. The Morgan fingerprint density at radius 2 is 1.69 bits per heavy atom. The lowest BCUT2D eigenvalue weighted by molar-refractivity contribution is -0.289. The molecule has 0 atom stereocenters. The lowest BCUT2D eigenvalue weighted by Gasteiger charge is -2.18. The standard InChI is InChI=1S/C7H4F5N/c8-6(9,7(10,11)12)5-2-1-3-13-4-5/h1-4H. The van der Waals surface area contributed by atoms with Gasteiger partial charge in [-0.2, -0.15) is 22.0 Å². The van der Waals surface area contributed by atoms with Crippen molar-refractivity contribution < 1.29 is 22.0 Å². The molecule has 0 aliphatic rings. The summed E-state index contributed by atoms with van der Waals surface area (Å²) in [5.41, 5.74) is -1.15. The number of aromatic nitrogens is 1. The van der Waals surface area contributed by atoms with Crippen LogP contribution in [0.1, 0.15) is 5.56 Å². The van der Waals surface area contributed by atoms with E-state index in [-0.39, 0.29) is 0 Å². The zero-order chi connectivity index (χ0) is 10.1. The van der Waals surface area contributed by atoms with Crippen molar-refractivity contribution in [2.24, 2.45) is 0 Å². The fourth-order valence-electron chi connectivity index (χ4n) is 0.712. The van der Waals surface area contributed by atoms with Crippen LogP contribution < -0.4 is 0 Å². The van der Waals surface area contributed by atoms with Crippen LogP contribution in [0.4, 0.5) is 22.0 Å². The van der Waals surface area contributed by atoms with Crippen molar-refractivity contribution in [3.8, 4) is 0 Å². The first-order chi connectivity index (χ1) is 5.86. The molecule has 0 N–H and O–H groups in total. The quantitative estimate of drug-likeness (QED) is 0.630. The molecule has 1 rings (SSSR count). The molecule has 1 heterocycles. The Balaban J connectivity index is 3.08. The summed E-state index contributed by atoms with van der Waals surface area (Å²) in [5, 5.41) is 0. The second-order valence-corrected chi connectivity index (χ2v) is 2.31. The lowest BCUT2D eigenvalue weighted by Crippen LogP contribution is -2.33. The van der Waals surface area contributed by atoms with E-state index < -0.39 is 17.7 Å². The first kappa shape index (κ1) is 9.88. The summed E-state index contributed by atoms with van der Waals surface area (Å²) < 4.78 is 60.2. The minimum absolute atomic E-state index is 0.494. The van der Waals surface area contributed by atoms with Crippen LogP contribution in [0.2, 0.25) is 0 Å². The molecule has 0 saturated heterocycles. The molecule has 1 nitrogen and oxygen atoms in total. The monoisotopic (exact) mass is 197 g/mol. The number of hydrogen-bond donors (Lipinski definition) is 0. The number of rotatable bonds is 1. The van der Waals surface area contributed by atoms with Gasteiger partial charge in [0, 0.05) is 18.0 Å². The molecule has 0 aliphatic carbocycles. The minimum Gasteiger partial charge on any atom is -0.264 e. The molecule has 0 unspecified atom stereocenters. The van der Waals surface area contributed by atoms with Gasteiger partial charge in [0.25, 0.3) is 0 Å². The van der Waals surface area contributed by atoms with Gasteiger partial charge in [0.05, 0.1) is 0 Å². The largest absolute Gasteiger partial charge is 0.458 e. The third-order valence-corrected chi connectivity index (χ3v) is 1.38. The fraction of sp³-hybridized carbons (Fsp3) is 0.286. The van der Waals surface area contributed by atoms with E-state index in [9.17, 15) is 22.0 Å². The molecule has 72 valence electrons. The second-order valence-electron chi connectivity index (χ2n) is 2.31. The van der Waals surface area contributed by atoms with Crippen LogP contribution in [-0.4, -0.2) is 11.2 Å². The fourth-order valence-corrected chi connectivity index (χ4v) is 0.712. The van der Waals surface area contributed by atoms with Gasteiger partial charge in [-0.3, -0.25) is 4.98 Å². The highest BCUT2D eigenvalue weighted by molar-refractivity contribution is 5.16. The highest BCUT2D eigenvalue weighted by Crippen LogP contribution is 2.43. The van der Waals surface area contributed by atoms with E-state index in [4.69, 9.17) is 0 Å². The zero-order valence-corrected chi connectivity index (χ0v) is 6.15. The molecule has 1 aromatic heterocycles. The van der Waals surface area contributed by atoms with Gasteiger partial charge in [-0.1, -0.05) is 0 Å². The summed E-state index contributed by atoms with van der Waals surface area (Å²) in [6.45, 7) is 0. The molecule has 0 radical (unpaired) electrons. The third-order valence-electron chi connectivity index (χ3n) is 1.38. The maximum absolute atomic E-state index is 12.5. The van der Waals surface area contributed by atoms with Crippen LogP contribution in [-0.2, 0) is 5.92 Å². The number of halogens is 5. The van der Waals surface area contributed by atoms with Crippen molar-refractivity contribution in [1.82, 2.24) is 4.98 Å². The van der Waals surface area contributed by atoms with E-state index >= 15 is 0 Å². The highest BCUT2D eigenvalue weighted by Gasteiger charge is 2.58. The highest BCUT2D eigenvalue weighted by atomic mass is 19.4. The van der Waals surface area contributed by atoms with E-state index in [2.05, 4.69) is 4.98 Å². The van der Waals surface area contributed by atoms with Crippen LogP contribution in [0.25, 0.3) is 0 Å². The molecule has 0 bridgehead atoms. The zero-order valence-electron chi connectivity index (χ0n) is 6.15. The van der Waals surface area contributed by atoms with Crippen molar-refractivity contribution in [2.75, 3.05) is 0 Å². The van der Waals surface area contributed by atoms with E-state index in [0.29, 0.717) is 12.3 Å². The molecule has 0 aromatic carbocycles. The summed E-state index contributed by atoms with van der Waals surface area (Å²) in [6.07, 6.45) is -3.96. The van der Waals surface area contributed by atoms with Crippen molar-refractivity contribution in [2.45, 2.75) is 12.1 Å². The molecule has 0 aliphatic heterocycles. The van der Waals surface area contributed by atoms with Gasteiger partial charge in [-0.15, -0.1) is 0 Å². The second kappa shape index (κ2) is 2.93. The SMILES string of the molecule is FC(F)(F)C(F)(F)c1cccnc1. The lowest BCUT2D eigenvalue weighted by atomic mass is 10.1. The van der Waals surface area contributed by atoms with Gasteiger partial charge in [0.1, 0.15) is 0 Å². The van der Waals surface area contributed by atoms with Crippen molar-refractivity contribution in [3.63, 3.8) is 0 Å². The Hall–Kier alpha value is -1.20. The Morgan fingerprint density at radius 1 is 1.08 bits per heavy atom. The van der Waals surface area contributed by atoms with Crippen LogP contribution in [0.5, 0.6) is 0 Å². The maximum atomic E-state index is 12.5. The Kier molecular flexibility index (Phi) is 2.23. The summed E-state index contributed by atoms with van der Waals surface area (Å²) in [4.78, 5) is 3.18. The molecular formula is C7H4F5N. The van der Waals surface area contributed by atoms with Gasteiger partial charge in [0.15, 0.2) is 0 Å². The maximum Gasteiger partial charge on any atom is 0.458 e. The summed E-state index contributed by atoms with van der Waals surface area (Å²) in [6, 6.07) is 1.70. The molecule has 0 fully saturated rings. The minimum atomic E-state index is -5.57. The molecule has 0 spiro atoms. The van der Waals surface area contributed by atoms with Crippen LogP contribution in [0.3, 0.4) is 0 Å². The van der Waals surface area contributed by atoms with E-state index in [1.807, 2.05) is 0 Å². The van der Waals surface area contributed by atoms with Gasteiger partial charge in [0.2, 0.25) is 0 Å². The number of alkyl halides is 5. The van der Waals surface area contributed by atoms with Crippen molar-refractivity contribution in [3.05, 3.63) is 30.1 Å². The predicted octanol–water partition coefficient (Wildman–Crippen LogP) is 2.74. The summed E-state index contributed by atoms with van der Waals surface area (Å²) in [7, 11) is 0. The molecule has 13 heavy (non-hydrogen) atoms. The van der Waals surface area contributed by atoms with Crippen LogP contribution in [0, 0.1) is 0 Å². The van der Waals surface area contributed by atoms with E-state index in [0.717, 1.165) is 12.3 Å². The molecule has 0 saturated carbocycles. The first-order valence-electron chi connectivity index (χ1n) is 3.21. The molecule has 6 heteroatoms. The number of pyridine rings is 1. The van der Waals surface area contributed by atoms with E-state index in [1.54, 1.807) is 0 Å². The molecule has 1 aromatic rings. The molecular weight excluding hydrogens is 193 g/mol. The average Bonchev–Trinajstić information content (AvgIpc) is 2.04. The Labute approximate surface area is 70.2 Å². The normalized spacial score (nSPS) is 13.0. The Bertz CT molecular complexity index is 279. The average molecular weight is 197 g/mol.